The van der Waals surface area contributed by atoms with Gasteiger partial charge < -0.3 is 0 Å². The number of thiazole rings is 1. The molecule has 2 heterocycles. The molecule has 2 aromatic heterocycles. The molecular weight excluding hydrogens is 260 g/mol. The van der Waals surface area contributed by atoms with E-state index in [-0.39, 0.29) is 0 Å². The molecule has 18 heavy (non-hydrogen) atoms. The quantitative estimate of drug-likeness (QED) is 0.665. The van der Waals surface area contributed by atoms with Crippen molar-refractivity contribution < 1.29 is 0 Å². The average Bonchev–Trinajstić information content (AvgIpc) is 2.82. The summed E-state index contributed by atoms with van der Waals surface area (Å²) >= 11 is 3.48. The summed E-state index contributed by atoms with van der Waals surface area (Å²) in [6.07, 6.45) is 1.85. The topological polar surface area (TPSA) is 25.8 Å². The van der Waals surface area contributed by atoms with Crippen LogP contribution < -0.4 is 0 Å². The molecule has 4 heteroatoms. The molecular formula is C14H12N2S2. The number of benzene rings is 1. The fourth-order valence-electron chi connectivity index (χ4n) is 1.82. The molecule has 2 nitrogen and oxygen atoms in total. The van der Waals surface area contributed by atoms with Gasteiger partial charge in [-0.15, -0.1) is 11.3 Å². The van der Waals surface area contributed by atoms with Crippen LogP contribution in [-0.2, 0) is 5.75 Å². The van der Waals surface area contributed by atoms with Gasteiger partial charge in [-0.1, -0.05) is 36.0 Å². The maximum absolute atomic E-state index is 4.47. The number of aryl methyl sites for hydroxylation is 1. The number of pyridine rings is 1. The highest BCUT2D eigenvalue weighted by molar-refractivity contribution is 8.00. The van der Waals surface area contributed by atoms with Gasteiger partial charge in [0, 0.05) is 28.4 Å². The van der Waals surface area contributed by atoms with Crippen LogP contribution in [0.3, 0.4) is 0 Å². The second-order valence-electron chi connectivity index (χ2n) is 4.04. The van der Waals surface area contributed by atoms with E-state index < -0.39 is 0 Å². The van der Waals surface area contributed by atoms with Gasteiger partial charge >= 0.3 is 0 Å². The van der Waals surface area contributed by atoms with Crippen LogP contribution in [0.2, 0.25) is 0 Å². The van der Waals surface area contributed by atoms with Crippen LogP contribution in [0, 0.1) is 6.92 Å². The van der Waals surface area contributed by atoms with Gasteiger partial charge in [0.25, 0.3) is 0 Å². The highest BCUT2D eigenvalue weighted by Gasteiger charge is 2.04. The minimum absolute atomic E-state index is 0.918. The standard InChI is InChI=1S/C14H12N2S2/c1-10-8-17-14(16-10)18-9-12-5-2-4-11-6-3-7-15-13(11)12/h2-8H,9H2,1H3. The van der Waals surface area contributed by atoms with Gasteiger partial charge in [0.05, 0.1) is 5.52 Å². The van der Waals surface area contributed by atoms with Gasteiger partial charge in [-0.3, -0.25) is 4.98 Å². The molecule has 0 N–H and O–H groups in total. The zero-order valence-corrected chi connectivity index (χ0v) is 11.6. The number of fused-ring (bicyclic) bond motifs is 1. The third-order valence-corrected chi connectivity index (χ3v) is 4.85. The smallest absolute Gasteiger partial charge is 0.150 e. The summed E-state index contributed by atoms with van der Waals surface area (Å²) in [5.74, 6) is 0.918. The summed E-state index contributed by atoms with van der Waals surface area (Å²) in [7, 11) is 0. The van der Waals surface area contributed by atoms with Crippen molar-refractivity contribution in [3.05, 3.63) is 53.2 Å². The first-order chi connectivity index (χ1) is 8.83. The van der Waals surface area contributed by atoms with E-state index in [1.54, 1.807) is 23.1 Å². The molecule has 0 atom stereocenters. The normalized spacial score (nSPS) is 10.9. The van der Waals surface area contributed by atoms with Crippen LogP contribution in [0.25, 0.3) is 10.9 Å². The molecule has 0 aliphatic heterocycles. The van der Waals surface area contributed by atoms with Crippen molar-refractivity contribution in [2.45, 2.75) is 17.0 Å². The first-order valence-electron chi connectivity index (χ1n) is 5.70. The summed E-state index contributed by atoms with van der Waals surface area (Å²) in [5.41, 5.74) is 3.46. The molecule has 0 amide bonds. The Hall–Kier alpha value is -1.39. The Labute approximate surface area is 114 Å². The Balaban J connectivity index is 1.86. The van der Waals surface area contributed by atoms with Gasteiger partial charge in [-0.2, -0.15) is 0 Å². The Bertz CT molecular complexity index is 671. The predicted molar refractivity (Wildman–Crippen MR) is 78.2 cm³/mol. The van der Waals surface area contributed by atoms with Crippen molar-refractivity contribution >= 4 is 34.0 Å². The number of nitrogens with zero attached hydrogens (tertiary/aromatic N) is 2. The lowest BCUT2D eigenvalue weighted by atomic mass is 10.1. The maximum atomic E-state index is 4.47. The molecule has 3 rings (SSSR count). The van der Waals surface area contributed by atoms with Crippen molar-refractivity contribution in [1.29, 1.82) is 0 Å². The summed E-state index contributed by atoms with van der Waals surface area (Å²) < 4.78 is 1.13. The number of hydrogen-bond acceptors (Lipinski definition) is 4. The van der Waals surface area contributed by atoms with Crippen LogP contribution in [0.1, 0.15) is 11.3 Å². The first-order valence-corrected chi connectivity index (χ1v) is 7.57. The Morgan fingerprint density at radius 1 is 1.22 bits per heavy atom. The number of aromatic nitrogens is 2. The fraction of sp³-hybridized carbons (Fsp3) is 0.143. The SMILES string of the molecule is Cc1csc(SCc2cccc3cccnc23)n1. The molecule has 0 aliphatic carbocycles. The molecule has 1 aromatic carbocycles. The molecule has 0 radical (unpaired) electrons. The monoisotopic (exact) mass is 272 g/mol. The van der Waals surface area contributed by atoms with Gasteiger partial charge in [0.2, 0.25) is 0 Å². The molecule has 0 fully saturated rings. The molecule has 3 aromatic rings. The zero-order valence-electron chi connectivity index (χ0n) is 9.96. The van der Waals surface area contributed by atoms with Crippen molar-refractivity contribution in [2.75, 3.05) is 0 Å². The highest BCUT2D eigenvalue weighted by Crippen LogP contribution is 2.28. The summed E-state index contributed by atoms with van der Waals surface area (Å²) in [4.78, 5) is 8.94. The van der Waals surface area contributed by atoms with Crippen LogP contribution in [0.4, 0.5) is 0 Å². The molecule has 0 bridgehead atoms. The molecule has 0 spiro atoms. The van der Waals surface area contributed by atoms with E-state index in [2.05, 4.69) is 39.6 Å². The lowest BCUT2D eigenvalue weighted by Gasteiger charge is -2.03. The second-order valence-corrected chi connectivity index (χ2v) is 6.12. The second kappa shape index (κ2) is 5.08. The number of rotatable bonds is 3. The lowest BCUT2D eigenvalue weighted by molar-refractivity contribution is 1.16. The van der Waals surface area contributed by atoms with Gasteiger partial charge in [-0.05, 0) is 18.6 Å². The van der Waals surface area contributed by atoms with E-state index in [4.69, 9.17) is 0 Å². The maximum Gasteiger partial charge on any atom is 0.150 e. The summed E-state index contributed by atoms with van der Waals surface area (Å²) in [5, 5.41) is 3.29. The van der Waals surface area contributed by atoms with Crippen LogP contribution in [-0.4, -0.2) is 9.97 Å². The zero-order chi connectivity index (χ0) is 12.4. The minimum atomic E-state index is 0.918. The Kier molecular flexibility index (Phi) is 3.30. The van der Waals surface area contributed by atoms with Crippen molar-refractivity contribution in [2.24, 2.45) is 0 Å². The third-order valence-electron chi connectivity index (χ3n) is 2.67. The largest absolute Gasteiger partial charge is 0.256 e. The van der Waals surface area contributed by atoms with E-state index >= 15 is 0 Å². The molecule has 0 saturated heterocycles. The van der Waals surface area contributed by atoms with Crippen LogP contribution >= 0.6 is 23.1 Å². The average molecular weight is 272 g/mol. The van der Waals surface area contributed by atoms with Crippen LogP contribution in [0.15, 0.2) is 46.2 Å². The first kappa shape index (κ1) is 11.7. The summed E-state index contributed by atoms with van der Waals surface area (Å²) in [6.45, 7) is 2.03. The Morgan fingerprint density at radius 2 is 2.11 bits per heavy atom. The lowest BCUT2D eigenvalue weighted by Crippen LogP contribution is -1.86. The number of hydrogen-bond donors (Lipinski definition) is 0. The van der Waals surface area contributed by atoms with Gasteiger partial charge in [0.15, 0.2) is 0 Å². The van der Waals surface area contributed by atoms with E-state index in [0.717, 1.165) is 21.3 Å². The fourth-order valence-corrected chi connectivity index (χ4v) is 3.66. The number of thioether (sulfide) groups is 1. The van der Waals surface area contributed by atoms with Crippen molar-refractivity contribution in [1.82, 2.24) is 9.97 Å². The van der Waals surface area contributed by atoms with E-state index in [1.165, 1.54) is 10.9 Å². The van der Waals surface area contributed by atoms with Gasteiger partial charge in [-0.25, -0.2) is 4.98 Å². The van der Waals surface area contributed by atoms with E-state index in [0.29, 0.717) is 0 Å². The Morgan fingerprint density at radius 3 is 2.94 bits per heavy atom. The van der Waals surface area contributed by atoms with E-state index in [1.807, 2.05) is 19.2 Å². The minimum Gasteiger partial charge on any atom is -0.256 e. The van der Waals surface area contributed by atoms with Crippen molar-refractivity contribution in [3.63, 3.8) is 0 Å². The molecule has 0 saturated carbocycles. The molecule has 90 valence electrons. The van der Waals surface area contributed by atoms with Crippen LogP contribution in [0.5, 0.6) is 0 Å². The molecule has 0 aliphatic rings. The van der Waals surface area contributed by atoms with Crippen molar-refractivity contribution in [3.8, 4) is 0 Å². The summed E-state index contributed by atoms with van der Waals surface area (Å²) in [6, 6.07) is 10.4. The van der Waals surface area contributed by atoms with E-state index in [9.17, 15) is 0 Å². The molecule has 0 unspecified atom stereocenters. The number of para-hydroxylation sites is 1. The van der Waals surface area contributed by atoms with Gasteiger partial charge in [0.1, 0.15) is 4.34 Å². The highest BCUT2D eigenvalue weighted by atomic mass is 32.2. The predicted octanol–water partition coefficient (Wildman–Crippen LogP) is 4.29. The third kappa shape index (κ3) is 2.40.